The van der Waals surface area contributed by atoms with Crippen LogP contribution in [0.1, 0.15) is 51.3 Å². The third-order valence-corrected chi connectivity index (χ3v) is 6.15. The van der Waals surface area contributed by atoms with E-state index in [1.54, 1.807) is 6.33 Å². The Morgan fingerprint density at radius 3 is 2.78 bits per heavy atom. The second kappa shape index (κ2) is 7.04. The highest BCUT2D eigenvalue weighted by atomic mass is 16.5. The van der Waals surface area contributed by atoms with Gasteiger partial charge in [0.15, 0.2) is 0 Å². The molecule has 5 atom stereocenters. The number of ether oxygens (including phenoxy) is 2. The number of hydrazine groups is 1. The fraction of sp³-hybridized carbons (Fsp3) is 0.700. The van der Waals surface area contributed by atoms with Gasteiger partial charge in [0.25, 0.3) is 0 Å². The fourth-order valence-corrected chi connectivity index (χ4v) is 4.91. The number of rotatable bonds is 4. The van der Waals surface area contributed by atoms with E-state index in [2.05, 4.69) is 51.7 Å². The Morgan fingerprint density at radius 2 is 2.00 bits per heavy atom. The molecule has 2 unspecified atom stereocenters. The lowest BCUT2D eigenvalue weighted by molar-refractivity contribution is 0.0302. The number of hydrogen-bond donors (Lipinski definition) is 2. The second-order valence-corrected chi connectivity index (χ2v) is 8.48. The fourth-order valence-electron chi connectivity index (χ4n) is 4.91. The molecule has 5 rings (SSSR count). The van der Waals surface area contributed by atoms with Gasteiger partial charge in [-0.2, -0.15) is 0 Å². The predicted octanol–water partition coefficient (Wildman–Crippen LogP) is 2.08. The Kier molecular flexibility index (Phi) is 4.53. The average molecular weight is 371 g/mol. The van der Waals surface area contributed by atoms with Gasteiger partial charge in [-0.05, 0) is 39.2 Å². The van der Waals surface area contributed by atoms with Gasteiger partial charge in [-0.15, -0.1) is 0 Å². The third kappa shape index (κ3) is 3.44. The standard InChI is InChI=1S/C20H29N5O2/c1-12(2)26-13-5-6-17-16(7-13)20(24-23-17)18-8-19(22-11-21-18)25-9-14-3-4-15(10-25)27-14/h5,8,11-12,14-17,20,23-24H,3-4,6-7,9-10H2,1-2H3/t14?,15?,16-,17+,20+/m0/s1. The number of anilines is 1. The van der Waals surface area contributed by atoms with E-state index in [9.17, 15) is 0 Å². The SMILES string of the molecule is CC(C)OC1=CC[C@H]2NN[C@@H](c3cc(N4CC5CCC(C4)O5)ncn3)[C@H]2C1. The van der Waals surface area contributed by atoms with Crippen LogP contribution in [0.4, 0.5) is 5.82 Å². The summed E-state index contributed by atoms with van der Waals surface area (Å²) < 4.78 is 11.9. The molecule has 3 saturated heterocycles. The summed E-state index contributed by atoms with van der Waals surface area (Å²) >= 11 is 0. The summed E-state index contributed by atoms with van der Waals surface area (Å²) in [6.07, 6.45) is 9.14. The predicted molar refractivity (Wildman–Crippen MR) is 102 cm³/mol. The number of hydrogen-bond acceptors (Lipinski definition) is 7. The largest absolute Gasteiger partial charge is 0.496 e. The van der Waals surface area contributed by atoms with Gasteiger partial charge in [0.1, 0.15) is 12.1 Å². The molecule has 2 bridgehead atoms. The zero-order valence-corrected chi connectivity index (χ0v) is 16.1. The Hall–Kier alpha value is -1.70. The zero-order chi connectivity index (χ0) is 18.4. The summed E-state index contributed by atoms with van der Waals surface area (Å²) in [4.78, 5) is 11.5. The van der Waals surface area contributed by atoms with Gasteiger partial charge < -0.3 is 14.4 Å². The van der Waals surface area contributed by atoms with Crippen molar-refractivity contribution in [1.82, 2.24) is 20.8 Å². The Balaban J connectivity index is 1.34. The van der Waals surface area contributed by atoms with Gasteiger partial charge in [0.05, 0.1) is 35.8 Å². The van der Waals surface area contributed by atoms with E-state index in [0.717, 1.165) is 43.2 Å². The Morgan fingerprint density at radius 1 is 1.19 bits per heavy atom. The molecular weight excluding hydrogens is 342 g/mol. The minimum atomic E-state index is 0.175. The zero-order valence-electron chi connectivity index (χ0n) is 16.1. The molecule has 1 aromatic rings. The highest BCUT2D eigenvalue weighted by molar-refractivity contribution is 5.41. The molecule has 3 fully saturated rings. The van der Waals surface area contributed by atoms with Crippen molar-refractivity contribution in [3.63, 3.8) is 0 Å². The van der Waals surface area contributed by atoms with Crippen LogP contribution >= 0.6 is 0 Å². The first kappa shape index (κ1) is 17.4. The lowest BCUT2D eigenvalue weighted by atomic mass is 9.83. The molecule has 0 saturated carbocycles. The summed E-state index contributed by atoms with van der Waals surface area (Å²) in [7, 11) is 0. The molecular formula is C20H29N5O2. The molecule has 27 heavy (non-hydrogen) atoms. The van der Waals surface area contributed by atoms with Crippen LogP contribution in [0.5, 0.6) is 0 Å². The third-order valence-electron chi connectivity index (χ3n) is 6.15. The Labute approximate surface area is 160 Å². The van der Waals surface area contributed by atoms with Crippen LogP contribution in [-0.4, -0.2) is 47.4 Å². The number of nitrogens with one attached hydrogen (secondary N) is 2. The quantitative estimate of drug-likeness (QED) is 0.840. The highest BCUT2D eigenvalue weighted by Crippen LogP contribution is 2.38. The second-order valence-electron chi connectivity index (χ2n) is 8.48. The van der Waals surface area contributed by atoms with Crippen molar-refractivity contribution >= 4 is 5.82 Å². The van der Waals surface area contributed by atoms with Crippen LogP contribution in [-0.2, 0) is 9.47 Å². The average Bonchev–Trinajstić information content (AvgIpc) is 3.23. The maximum absolute atomic E-state index is 5.98. The summed E-state index contributed by atoms with van der Waals surface area (Å²) in [6, 6.07) is 2.76. The van der Waals surface area contributed by atoms with Crippen molar-refractivity contribution in [2.45, 2.75) is 69.9 Å². The van der Waals surface area contributed by atoms with Crippen LogP contribution in [0.15, 0.2) is 24.2 Å². The summed E-state index contributed by atoms with van der Waals surface area (Å²) in [5.41, 5.74) is 8.00. The monoisotopic (exact) mass is 371 g/mol. The van der Waals surface area contributed by atoms with Crippen molar-refractivity contribution in [1.29, 1.82) is 0 Å². The van der Waals surface area contributed by atoms with E-state index in [4.69, 9.17) is 9.47 Å². The highest BCUT2D eigenvalue weighted by Gasteiger charge is 2.40. The maximum atomic E-state index is 5.98. The van der Waals surface area contributed by atoms with Crippen LogP contribution < -0.4 is 15.8 Å². The van der Waals surface area contributed by atoms with Crippen molar-refractivity contribution in [2.24, 2.45) is 5.92 Å². The first-order valence-corrected chi connectivity index (χ1v) is 10.2. The van der Waals surface area contributed by atoms with E-state index in [-0.39, 0.29) is 12.1 Å². The number of fused-ring (bicyclic) bond motifs is 3. The summed E-state index contributed by atoms with van der Waals surface area (Å²) in [5.74, 6) is 2.57. The van der Waals surface area contributed by atoms with Crippen LogP contribution in [0.2, 0.25) is 0 Å². The van der Waals surface area contributed by atoms with E-state index < -0.39 is 0 Å². The first-order valence-electron chi connectivity index (χ1n) is 10.2. The van der Waals surface area contributed by atoms with E-state index in [0.29, 0.717) is 24.2 Å². The molecule has 1 aromatic heterocycles. The minimum Gasteiger partial charge on any atom is -0.496 e. The van der Waals surface area contributed by atoms with Gasteiger partial charge in [0.2, 0.25) is 0 Å². The number of nitrogens with zero attached hydrogens (tertiary/aromatic N) is 3. The van der Waals surface area contributed by atoms with Crippen LogP contribution in [0, 0.1) is 5.92 Å². The molecule has 0 spiro atoms. The van der Waals surface area contributed by atoms with Crippen molar-refractivity contribution < 1.29 is 9.47 Å². The molecule has 0 radical (unpaired) electrons. The number of allylic oxidation sites excluding steroid dienone is 1. The normalized spacial score (nSPS) is 35.3. The van der Waals surface area contributed by atoms with Crippen molar-refractivity contribution in [3.05, 3.63) is 29.9 Å². The van der Waals surface area contributed by atoms with Crippen molar-refractivity contribution in [3.8, 4) is 0 Å². The first-order chi connectivity index (χ1) is 13.2. The summed E-state index contributed by atoms with van der Waals surface area (Å²) in [5, 5.41) is 0. The number of morpholine rings is 1. The lowest BCUT2D eigenvalue weighted by Crippen LogP contribution is -2.43. The number of aromatic nitrogens is 2. The molecule has 1 aliphatic carbocycles. The van der Waals surface area contributed by atoms with E-state index >= 15 is 0 Å². The van der Waals surface area contributed by atoms with Crippen LogP contribution in [0.3, 0.4) is 0 Å². The molecule has 7 heteroatoms. The molecule has 3 aliphatic heterocycles. The molecule has 146 valence electrons. The molecule has 4 aliphatic rings. The minimum absolute atomic E-state index is 0.175. The van der Waals surface area contributed by atoms with Gasteiger partial charge in [0, 0.05) is 37.5 Å². The van der Waals surface area contributed by atoms with Gasteiger partial charge >= 0.3 is 0 Å². The smallest absolute Gasteiger partial charge is 0.132 e. The van der Waals surface area contributed by atoms with E-state index in [1.165, 1.54) is 12.8 Å². The van der Waals surface area contributed by atoms with Crippen molar-refractivity contribution in [2.75, 3.05) is 18.0 Å². The maximum Gasteiger partial charge on any atom is 0.132 e. The molecule has 7 nitrogen and oxygen atoms in total. The molecule has 0 aromatic carbocycles. The molecule has 2 N–H and O–H groups in total. The van der Waals surface area contributed by atoms with Crippen LogP contribution in [0.25, 0.3) is 0 Å². The van der Waals surface area contributed by atoms with Gasteiger partial charge in [-0.3, -0.25) is 5.43 Å². The van der Waals surface area contributed by atoms with Gasteiger partial charge in [-0.1, -0.05) is 0 Å². The topological polar surface area (TPSA) is 71.5 Å². The molecule has 4 heterocycles. The van der Waals surface area contributed by atoms with Gasteiger partial charge in [-0.25, -0.2) is 15.4 Å². The van der Waals surface area contributed by atoms with E-state index in [1.807, 2.05) is 0 Å². The lowest BCUT2D eigenvalue weighted by Gasteiger charge is -2.33. The summed E-state index contributed by atoms with van der Waals surface area (Å²) in [6.45, 7) is 6.04. The molecule has 0 amide bonds. The Bertz CT molecular complexity index is 712.